The molecule has 1 atom stereocenters. The Kier molecular flexibility index (Phi) is 4.27. The van der Waals surface area contributed by atoms with E-state index in [9.17, 15) is 0 Å². The van der Waals surface area contributed by atoms with Crippen LogP contribution < -0.4 is 10.1 Å². The number of methoxy groups -OCH3 is 1. The Morgan fingerprint density at radius 1 is 1.25 bits per heavy atom. The third-order valence-electron chi connectivity index (χ3n) is 3.12. The molecule has 1 unspecified atom stereocenters. The Balaban J connectivity index is 2.10. The minimum Gasteiger partial charge on any atom is -0.496 e. The summed E-state index contributed by atoms with van der Waals surface area (Å²) >= 11 is 0. The molecule has 0 saturated heterocycles. The highest BCUT2D eigenvalue weighted by atomic mass is 16.5. The summed E-state index contributed by atoms with van der Waals surface area (Å²) in [5.74, 6) is 2.48. The fourth-order valence-electron chi connectivity index (χ4n) is 1.94. The highest BCUT2D eigenvalue weighted by Gasteiger charge is 2.16. The first-order chi connectivity index (χ1) is 9.51. The molecule has 20 heavy (non-hydrogen) atoms. The summed E-state index contributed by atoms with van der Waals surface area (Å²) in [7, 11) is 1.67. The minimum absolute atomic E-state index is 0.0391. The van der Waals surface area contributed by atoms with E-state index < -0.39 is 0 Å². The molecule has 0 fully saturated rings. The van der Waals surface area contributed by atoms with Crippen molar-refractivity contribution >= 4 is 5.69 Å². The van der Waals surface area contributed by atoms with Crippen LogP contribution in [-0.4, -0.2) is 17.3 Å². The van der Waals surface area contributed by atoms with E-state index in [1.165, 1.54) is 0 Å². The molecule has 108 valence electrons. The van der Waals surface area contributed by atoms with Crippen LogP contribution in [0.3, 0.4) is 0 Å². The van der Waals surface area contributed by atoms with Gasteiger partial charge in [-0.25, -0.2) is 0 Å². The van der Waals surface area contributed by atoms with E-state index in [0.29, 0.717) is 5.89 Å². The SMILES string of the molecule is COc1ccc(NC(C)c2nc(C(C)C)no2)cc1C. The Morgan fingerprint density at radius 3 is 2.55 bits per heavy atom. The van der Waals surface area contributed by atoms with Gasteiger partial charge >= 0.3 is 0 Å². The van der Waals surface area contributed by atoms with Crippen molar-refractivity contribution in [3.05, 3.63) is 35.5 Å². The van der Waals surface area contributed by atoms with Crippen molar-refractivity contribution in [3.8, 4) is 5.75 Å². The summed E-state index contributed by atoms with van der Waals surface area (Å²) in [5.41, 5.74) is 2.08. The molecule has 2 rings (SSSR count). The molecule has 0 amide bonds. The molecule has 0 saturated carbocycles. The van der Waals surface area contributed by atoms with Crippen LogP contribution >= 0.6 is 0 Å². The second-order valence-electron chi connectivity index (χ2n) is 5.20. The van der Waals surface area contributed by atoms with Gasteiger partial charge in [-0.3, -0.25) is 0 Å². The van der Waals surface area contributed by atoms with Crippen molar-refractivity contribution in [3.63, 3.8) is 0 Å². The molecule has 0 radical (unpaired) electrons. The van der Waals surface area contributed by atoms with Gasteiger partial charge < -0.3 is 14.6 Å². The zero-order valence-electron chi connectivity index (χ0n) is 12.6. The minimum atomic E-state index is -0.0391. The van der Waals surface area contributed by atoms with Gasteiger partial charge in [-0.15, -0.1) is 0 Å². The first-order valence-electron chi connectivity index (χ1n) is 6.76. The average molecular weight is 275 g/mol. The van der Waals surface area contributed by atoms with Crippen LogP contribution in [0.25, 0.3) is 0 Å². The monoisotopic (exact) mass is 275 g/mol. The number of ether oxygens (including phenoxy) is 1. The van der Waals surface area contributed by atoms with E-state index in [-0.39, 0.29) is 12.0 Å². The molecule has 0 aliphatic heterocycles. The lowest BCUT2D eigenvalue weighted by Gasteiger charge is -2.13. The van der Waals surface area contributed by atoms with Crippen LogP contribution in [0.5, 0.6) is 5.75 Å². The second kappa shape index (κ2) is 5.94. The van der Waals surface area contributed by atoms with Gasteiger partial charge in [0.2, 0.25) is 5.89 Å². The summed E-state index contributed by atoms with van der Waals surface area (Å²) in [6, 6.07) is 5.91. The topological polar surface area (TPSA) is 60.2 Å². The normalized spacial score (nSPS) is 12.5. The molecule has 5 nitrogen and oxygen atoms in total. The molecule has 0 aliphatic rings. The summed E-state index contributed by atoms with van der Waals surface area (Å²) in [4.78, 5) is 4.40. The predicted octanol–water partition coefficient (Wildman–Crippen LogP) is 3.68. The zero-order valence-corrected chi connectivity index (χ0v) is 12.6. The van der Waals surface area contributed by atoms with Crippen LogP contribution in [0, 0.1) is 6.92 Å². The molecule has 1 aromatic carbocycles. The van der Waals surface area contributed by atoms with E-state index in [0.717, 1.165) is 22.8 Å². The highest BCUT2D eigenvalue weighted by molar-refractivity contribution is 5.51. The van der Waals surface area contributed by atoms with Gasteiger partial charge in [0.1, 0.15) is 11.8 Å². The van der Waals surface area contributed by atoms with E-state index in [2.05, 4.69) is 15.5 Å². The first kappa shape index (κ1) is 14.4. The van der Waals surface area contributed by atoms with Crippen LogP contribution in [0.4, 0.5) is 5.69 Å². The number of nitrogens with zero attached hydrogens (tertiary/aromatic N) is 2. The third-order valence-corrected chi connectivity index (χ3v) is 3.12. The van der Waals surface area contributed by atoms with Crippen molar-refractivity contribution in [1.82, 2.24) is 10.1 Å². The largest absolute Gasteiger partial charge is 0.496 e. The number of anilines is 1. The van der Waals surface area contributed by atoms with Crippen molar-refractivity contribution in [2.75, 3.05) is 12.4 Å². The molecule has 1 heterocycles. The zero-order chi connectivity index (χ0) is 14.7. The Hall–Kier alpha value is -2.04. The number of benzene rings is 1. The van der Waals surface area contributed by atoms with E-state index in [1.54, 1.807) is 7.11 Å². The second-order valence-corrected chi connectivity index (χ2v) is 5.20. The fraction of sp³-hybridized carbons (Fsp3) is 0.467. The fourth-order valence-corrected chi connectivity index (χ4v) is 1.94. The number of rotatable bonds is 5. The van der Waals surface area contributed by atoms with Gasteiger partial charge in [-0.1, -0.05) is 19.0 Å². The molecule has 2 aromatic rings. The smallest absolute Gasteiger partial charge is 0.248 e. The van der Waals surface area contributed by atoms with Crippen LogP contribution in [0.1, 0.15) is 50.0 Å². The van der Waals surface area contributed by atoms with Crippen LogP contribution in [0.15, 0.2) is 22.7 Å². The number of aryl methyl sites for hydroxylation is 1. The maximum Gasteiger partial charge on any atom is 0.248 e. The van der Waals surface area contributed by atoms with E-state index in [1.807, 2.05) is 45.9 Å². The Labute approximate surface area is 119 Å². The van der Waals surface area contributed by atoms with Gasteiger partial charge in [0.05, 0.1) is 7.11 Å². The summed E-state index contributed by atoms with van der Waals surface area (Å²) in [5, 5.41) is 7.33. The molecular formula is C15H21N3O2. The maximum absolute atomic E-state index is 5.29. The van der Waals surface area contributed by atoms with E-state index in [4.69, 9.17) is 9.26 Å². The van der Waals surface area contributed by atoms with Crippen molar-refractivity contribution in [2.45, 2.75) is 39.7 Å². The summed E-state index contributed by atoms with van der Waals surface area (Å²) < 4.78 is 10.5. The molecule has 0 bridgehead atoms. The Bertz CT molecular complexity index is 578. The lowest BCUT2D eigenvalue weighted by atomic mass is 10.2. The van der Waals surface area contributed by atoms with Gasteiger partial charge in [-0.2, -0.15) is 4.98 Å². The Morgan fingerprint density at radius 2 is 2.00 bits per heavy atom. The number of hydrogen-bond donors (Lipinski definition) is 1. The predicted molar refractivity (Wildman–Crippen MR) is 78.2 cm³/mol. The van der Waals surface area contributed by atoms with Gasteiger partial charge in [0.25, 0.3) is 0 Å². The first-order valence-corrected chi connectivity index (χ1v) is 6.76. The van der Waals surface area contributed by atoms with Crippen LogP contribution in [0.2, 0.25) is 0 Å². The lowest BCUT2D eigenvalue weighted by Crippen LogP contribution is -2.07. The molecule has 0 spiro atoms. The van der Waals surface area contributed by atoms with E-state index >= 15 is 0 Å². The molecule has 0 aliphatic carbocycles. The van der Waals surface area contributed by atoms with Crippen molar-refractivity contribution in [2.24, 2.45) is 0 Å². The molecular weight excluding hydrogens is 254 g/mol. The standard InChI is InChI=1S/C15H21N3O2/c1-9(2)14-17-15(20-18-14)11(4)16-12-6-7-13(19-5)10(3)8-12/h6-9,11,16H,1-5H3. The molecule has 5 heteroatoms. The van der Waals surface area contributed by atoms with Gasteiger partial charge in [0, 0.05) is 11.6 Å². The van der Waals surface area contributed by atoms with Crippen molar-refractivity contribution < 1.29 is 9.26 Å². The van der Waals surface area contributed by atoms with Gasteiger partial charge in [-0.05, 0) is 37.6 Å². The quantitative estimate of drug-likeness (QED) is 0.901. The van der Waals surface area contributed by atoms with Crippen LogP contribution in [-0.2, 0) is 0 Å². The number of nitrogens with one attached hydrogen (secondary N) is 1. The number of aromatic nitrogens is 2. The number of hydrogen-bond acceptors (Lipinski definition) is 5. The lowest BCUT2D eigenvalue weighted by molar-refractivity contribution is 0.361. The van der Waals surface area contributed by atoms with Crippen molar-refractivity contribution in [1.29, 1.82) is 0 Å². The summed E-state index contributed by atoms with van der Waals surface area (Å²) in [6.45, 7) is 8.09. The highest BCUT2D eigenvalue weighted by Crippen LogP contribution is 2.24. The van der Waals surface area contributed by atoms with Gasteiger partial charge in [0.15, 0.2) is 5.82 Å². The molecule has 1 aromatic heterocycles. The molecule has 1 N–H and O–H groups in total. The maximum atomic E-state index is 5.29. The summed E-state index contributed by atoms with van der Waals surface area (Å²) in [6.07, 6.45) is 0. The average Bonchev–Trinajstić information content (AvgIpc) is 2.88. The third kappa shape index (κ3) is 3.10.